The van der Waals surface area contributed by atoms with Crippen molar-refractivity contribution >= 4 is 27.7 Å². The lowest BCUT2D eigenvalue weighted by molar-refractivity contribution is -0.135. The maximum absolute atomic E-state index is 11.9. The van der Waals surface area contributed by atoms with Gasteiger partial charge in [0.15, 0.2) is 6.61 Å². The maximum Gasteiger partial charge on any atom is 0.247 e. The van der Waals surface area contributed by atoms with Crippen LogP contribution in [-0.2, 0) is 9.53 Å². The summed E-state index contributed by atoms with van der Waals surface area (Å²) in [7, 11) is 0. The van der Waals surface area contributed by atoms with E-state index < -0.39 is 6.23 Å². The molecule has 0 unspecified atom stereocenters. The Kier molecular flexibility index (Phi) is 4.85. The van der Waals surface area contributed by atoms with Crippen LogP contribution in [0.1, 0.15) is 24.3 Å². The van der Waals surface area contributed by atoms with Crippen LogP contribution in [0, 0.1) is 6.92 Å². The third kappa shape index (κ3) is 3.59. The standard InChI is InChI=1S/C18H17BrN2O3/c1-12-5-3-4-6-16(12)23-11-17-20-21(13(2)22)18(24-17)14-7-9-15(19)10-8-14/h3-10,18H,11H2,1-2H3/t18-/m0/s1. The van der Waals surface area contributed by atoms with Crippen LogP contribution in [0.2, 0.25) is 0 Å². The van der Waals surface area contributed by atoms with E-state index in [-0.39, 0.29) is 12.5 Å². The van der Waals surface area contributed by atoms with Crippen LogP contribution in [0.3, 0.4) is 0 Å². The van der Waals surface area contributed by atoms with Crippen molar-refractivity contribution in [3.8, 4) is 5.75 Å². The molecule has 1 aliphatic rings. The van der Waals surface area contributed by atoms with E-state index in [1.807, 2.05) is 55.5 Å². The minimum atomic E-state index is -0.564. The van der Waals surface area contributed by atoms with E-state index >= 15 is 0 Å². The van der Waals surface area contributed by atoms with E-state index in [0.717, 1.165) is 21.3 Å². The van der Waals surface area contributed by atoms with Gasteiger partial charge < -0.3 is 9.47 Å². The van der Waals surface area contributed by atoms with Gasteiger partial charge >= 0.3 is 0 Å². The summed E-state index contributed by atoms with van der Waals surface area (Å²) in [5.41, 5.74) is 1.88. The number of rotatable bonds is 4. The monoisotopic (exact) mass is 388 g/mol. The fourth-order valence-corrected chi connectivity index (χ4v) is 2.63. The van der Waals surface area contributed by atoms with Gasteiger partial charge in [-0.25, -0.2) is 0 Å². The number of nitrogens with zero attached hydrogens (tertiary/aromatic N) is 2. The zero-order valence-electron chi connectivity index (χ0n) is 13.4. The fourth-order valence-electron chi connectivity index (χ4n) is 2.37. The number of hydrazone groups is 1. The smallest absolute Gasteiger partial charge is 0.247 e. The normalized spacial score (nSPS) is 16.5. The van der Waals surface area contributed by atoms with Crippen molar-refractivity contribution in [3.05, 3.63) is 64.1 Å². The fraction of sp³-hybridized carbons (Fsp3) is 0.222. The number of hydrogen-bond acceptors (Lipinski definition) is 4. The minimum absolute atomic E-state index is 0.168. The Morgan fingerprint density at radius 3 is 2.62 bits per heavy atom. The summed E-state index contributed by atoms with van der Waals surface area (Å²) in [4.78, 5) is 11.9. The molecule has 0 aromatic heterocycles. The van der Waals surface area contributed by atoms with Crippen molar-refractivity contribution < 1.29 is 14.3 Å². The van der Waals surface area contributed by atoms with Gasteiger partial charge in [-0.3, -0.25) is 4.79 Å². The van der Waals surface area contributed by atoms with Crippen LogP contribution >= 0.6 is 15.9 Å². The predicted octanol–water partition coefficient (Wildman–Crippen LogP) is 4.03. The summed E-state index contributed by atoms with van der Waals surface area (Å²) in [6.45, 7) is 3.60. The van der Waals surface area contributed by atoms with E-state index in [0.29, 0.717) is 5.90 Å². The third-order valence-corrected chi connectivity index (χ3v) is 4.14. The van der Waals surface area contributed by atoms with Gasteiger partial charge in [0, 0.05) is 17.0 Å². The molecule has 2 aromatic rings. The van der Waals surface area contributed by atoms with Gasteiger partial charge in [0.1, 0.15) is 5.75 Å². The lowest BCUT2D eigenvalue weighted by Gasteiger charge is -2.19. The zero-order valence-corrected chi connectivity index (χ0v) is 15.0. The SMILES string of the molecule is CC(=O)N1N=C(COc2ccccc2C)O[C@H]1c1ccc(Br)cc1. The Hall–Kier alpha value is -2.34. The van der Waals surface area contributed by atoms with Crippen molar-refractivity contribution in [2.75, 3.05) is 6.61 Å². The van der Waals surface area contributed by atoms with Crippen LogP contribution < -0.4 is 4.74 Å². The molecule has 0 N–H and O–H groups in total. The van der Waals surface area contributed by atoms with E-state index in [2.05, 4.69) is 21.0 Å². The first-order chi connectivity index (χ1) is 11.5. The lowest BCUT2D eigenvalue weighted by Crippen LogP contribution is -2.25. The van der Waals surface area contributed by atoms with Gasteiger partial charge in [0.2, 0.25) is 18.0 Å². The molecular weight excluding hydrogens is 372 g/mol. The van der Waals surface area contributed by atoms with E-state index in [1.165, 1.54) is 11.9 Å². The van der Waals surface area contributed by atoms with E-state index in [4.69, 9.17) is 9.47 Å². The van der Waals surface area contributed by atoms with Gasteiger partial charge in [-0.1, -0.05) is 46.3 Å². The molecule has 5 nitrogen and oxygen atoms in total. The lowest BCUT2D eigenvalue weighted by atomic mass is 10.2. The molecule has 0 spiro atoms. The number of hydrogen-bond donors (Lipinski definition) is 0. The minimum Gasteiger partial charge on any atom is -0.484 e. The molecule has 0 aliphatic carbocycles. The highest BCUT2D eigenvalue weighted by molar-refractivity contribution is 9.10. The first-order valence-electron chi connectivity index (χ1n) is 7.52. The van der Waals surface area contributed by atoms with Crippen molar-refractivity contribution in [1.29, 1.82) is 0 Å². The molecule has 1 aliphatic heterocycles. The molecule has 24 heavy (non-hydrogen) atoms. The molecule has 124 valence electrons. The van der Waals surface area contributed by atoms with Crippen LogP contribution in [0.4, 0.5) is 0 Å². The van der Waals surface area contributed by atoms with Gasteiger partial charge in [0.05, 0.1) is 0 Å². The van der Waals surface area contributed by atoms with Crippen molar-refractivity contribution in [3.63, 3.8) is 0 Å². The molecule has 1 amide bonds. The number of benzene rings is 2. The molecule has 0 fully saturated rings. The van der Waals surface area contributed by atoms with Crippen LogP contribution in [0.25, 0.3) is 0 Å². The molecule has 0 saturated heterocycles. The van der Waals surface area contributed by atoms with Crippen LogP contribution in [-0.4, -0.2) is 23.4 Å². The number of aryl methyl sites for hydroxylation is 1. The Morgan fingerprint density at radius 1 is 1.25 bits per heavy atom. The highest BCUT2D eigenvalue weighted by Gasteiger charge is 2.32. The Bertz CT molecular complexity index is 774. The summed E-state index contributed by atoms with van der Waals surface area (Å²) in [6.07, 6.45) is -0.564. The van der Waals surface area contributed by atoms with Crippen molar-refractivity contribution in [2.24, 2.45) is 5.10 Å². The number of carbonyl (C=O) groups is 1. The van der Waals surface area contributed by atoms with Gasteiger partial charge in [-0.05, 0) is 30.7 Å². The molecule has 0 bridgehead atoms. The first-order valence-corrected chi connectivity index (χ1v) is 8.32. The summed E-state index contributed by atoms with van der Waals surface area (Å²) in [6, 6.07) is 15.3. The summed E-state index contributed by atoms with van der Waals surface area (Å²) >= 11 is 3.40. The Morgan fingerprint density at radius 2 is 1.96 bits per heavy atom. The van der Waals surface area contributed by atoms with Gasteiger partial charge in [0.25, 0.3) is 0 Å². The number of para-hydroxylation sites is 1. The second kappa shape index (κ2) is 7.05. The summed E-state index contributed by atoms with van der Waals surface area (Å²) in [5, 5.41) is 5.59. The molecule has 0 radical (unpaired) electrons. The molecule has 0 saturated carbocycles. The number of amides is 1. The highest BCUT2D eigenvalue weighted by atomic mass is 79.9. The van der Waals surface area contributed by atoms with Gasteiger partial charge in [-0.2, -0.15) is 5.01 Å². The second-order valence-electron chi connectivity index (χ2n) is 5.43. The molecule has 3 rings (SSSR count). The first kappa shape index (κ1) is 16.5. The van der Waals surface area contributed by atoms with Crippen LogP contribution in [0.5, 0.6) is 5.75 Å². The molecule has 1 heterocycles. The maximum atomic E-state index is 11.9. The van der Waals surface area contributed by atoms with Crippen LogP contribution in [0.15, 0.2) is 58.1 Å². The summed E-state index contributed by atoms with van der Waals surface area (Å²) in [5.74, 6) is 0.959. The zero-order chi connectivity index (χ0) is 17.1. The van der Waals surface area contributed by atoms with E-state index in [9.17, 15) is 4.79 Å². The number of halogens is 1. The Labute approximate surface area is 149 Å². The quantitative estimate of drug-likeness (QED) is 0.794. The number of carbonyl (C=O) groups excluding carboxylic acids is 1. The average Bonchev–Trinajstić information content (AvgIpc) is 2.99. The topological polar surface area (TPSA) is 51.1 Å². The molecule has 2 aromatic carbocycles. The van der Waals surface area contributed by atoms with Crippen molar-refractivity contribution in [1.82, 2.24) is 5.01 Å². The van der Waals surface area contributed by atoms with Gasteiger partial charge in [-0.15, -0.1) is 5.10 Å². The predicted molar refractivity (Wildman–Crippen MR) is 94.6 cm³/mol. The summed E-state index contributed by atoms with van der Waals surface area (Å²) < 4.78 is 12.5. The molecular formula is C18H17BrN2O3. The molecule has 6 heteroatoms. The average molecular weight is 389 g/mol. The largest absolute Gasteiger partial charge is 0.484 e. The highest BCUT2D eigenvalue weighted by Crippen LogP contribution is 2.29. The third-order valence-electron chi connectivity index (χ3n) is 3.61. The van der Waals surface area contributed by atoms with E-state index in [1.54, 1.807) is 0 Å². The Balaban J connectivity index is 1.73. The second-order valence-corrected chi connectivity index (χ2v) is 6.35. The van der Waals surface area contributed by atoms with Crippen molar-refractivity contribution in [2.45, 2.75) is 20.1 Å². The number of ether oxygens (including phenoxy) is 2. The molecule has 1 atom stereocenters.